The second-order valence-electron chi connectivity index (χ2n) is 7.15. The maximum Gasteiger partial charge on any atom is 0.407 e. The SMILES string of the molecule is CC(C)(C)OC(=O)NC1CC(C(=O)Oc2cc3ccccc3[nH]2)C1. The van der Waals surface area contributed by atoms with Crippen LogP contribution in [0.25, 0.3) is 10.9 Å². The Hall–Kier alpha value is -2.50. The first-order chi connectivity index (χ1) is 11.3. The quantitative estimate of drug-likeness (QED) is 0.846. The fraction of sp³-hybridized carbons (Fsp3) is 0.444. The van der Waals surface area contributed by atoms with Crippen molar-refractivity contribution in [2.45, 2.75) is 45.3 Å². The van der Waals surface area contributed by atoms with Crippen molar-refractivity contribution < 1.29 is 19.1 Å². The van der Waals surface area contributed by atoms with Crippen LogP contribution in [0.4, 0.5) is 4.79 Å². The lowest BCUT2D eigenvalue weighted by Gasteiger charge is -2.34. The molecule has 1 amide bonds. The summed E-state index contributed by atoms with van der Waals surface area (Å²) >= 11 is 0. The van der Waals surface area contributed by atoms with Gasteiger partial charge in [0.15, 0.2) is 0 Å². The third kappa shape index (κ3) is 3.88. The van der Waals surface area contributed by atoms with E-state index in [0.717, 1.165) is 10.9 Å². The van der Waals surface area contributed by atoms with Crippen molar-refractivity contribution in [1.82, 2.24) is 10.3 Å². The summed E-state index contributed by atoms with van der Waals surface area (Å²) in [7, 11) is 0. The molecule has 0 atom stereocenters. The zero-order chi connectivity index (χ0) is 17.3. The molecule has 0 bridgehead atoms. The molecule has 1 aliphatic rings. The topological polar surface area (TPSA) is 80.4 Å². The zero-order valence-corrected chi connectivity index (χ0v) is 14.1. The molecule has 2 aromatic rings. The van der Waals surface area contributed by atoms with Crippen molar-refractivity contribution in [1.29, 1.82) is 0 Å². The van der Waals surface area contributed by atoms with Crippen LogP contribution in [0.3, 0.4) is 0 Å². The van der Waals surface area contributed by atoms with Gasteiger partial charge in [0.2, 0.25) is 5.88 Å². The normalized spacial score (nSPS) is 20.3. The number of ether oxygens (including phenoxy) is 2. The van der Waals surface area contributed by atoms with Gasteiger partial charge in [-0.3, -0.25) is 4.79 Å². The number of alkyl carbamates (subject to hydrolysis) is 1. The monoisotopic (exact) mass is 330 g/mol. The van der Waals surface area contributed by atoms with E-state index in [1.807, 2.05) is 51.1 Å². The highest BCUT2D eigenvalue weighted by Gasteiger charge is 2.37. The largest absolute Gasteiger partial charge is 0.444 e. The van der Waals surface area contributed by atoms with Crippen LogP contribution in [0, 0.1) is 5.92 Å². The van der Waals surface area contributed by atoms with Gasteiger partial charge in [-0.1, -0.05) is 18.2 Å². The highest BCUT2D eigenvalue weighted by molar-refractivity contribution is 5.83. The number of amides is 1. The summed E-state index contributed by atoms with van der Waals surface area (Å²) in [6.45, 7) is 5.44. The lowest BCUT2D eigenvalue weighted by molar-refractivity contribution is -0.142. The second kappa shape index (κ2) is 6.19. The molecule has 0 radical (unpaired) electrons. The predicted octanol–water partition coefficient (Wildman–Crippen LogP) is 3.38. The van der Waals surface area contributed by atoms with Gasteiger partial charge in [0.25, 0.3) is 0 Å². The minimum absolute atomic E-state index is 0.0416. The number of nitrogens with one attached hydrogen (secondary N) is 2. The van der Waals surface area contributed by atoms with Gasteiger partial charge in [-0.15, -0.1) is 0 Å². The standard InChI is InChI=1S/C18H22N2O4/c1-18(2,3)24-17(22)19-13-8-12(9-13)16(21)23-15-10-11-6-4-5-7-14(11)20-15/h4-7,10,12-13,20H,8-9H2,1-3H3,(H,19,22). The van der Waals surface area contributed by atoms with Crippen LogP contribution >= 0.6 is 0 Å². The van der Waals surface area contributed by atoms with Crippen LogP contribution in [0.1, 0.15) is 33.6 Å². The molecule has 128 valence electrons. The molecule has 1 aliphatic carbocycles. The average molecular weight is 330 g/mol. The van der Waals surface area contributed by atoms with E-state index in [-0.39, 0.29) is 17.9 Å². The Bertz CT molecular complexity index is 721. The van der Waals surface area contributed by atoms with Crippen molar-refractivity contribution in [2.75, 3.05) is 0 Å². The fourth-order valence-electron chi connectivity index (χ4n) is 2.70. The van der Waals surface area contributed by atoms with Gasteiger partial charge in [0, 0.05) is 23.0 Å². The highest BCUT2D eigenvalue weighted by atomic mass is 16.6. The molecule has 24 heavy (non-hydrogen) atoms. The number of hydrogen-bond acceptors (Lipinski definition) is 4. The number of aromatic nitrogens is 1. The molecule has 3 rings (SSSR count). The first-order valence-corrected chi connectivity index (χ1v) is 8.09. The number of esters is 1. The molecule has 1 saturated carbocycles. The first-order valence-electron chi connectivity index (χ1n) is 8.09. The number of aromatic amines is 1. The van der Waals surface area contributed by atoms with Crippen molar-refractivity contribution in [2.24, 2.45) is 5.92 Å². The van der Waals surface area contributed by atoms with Crippen LogP contribution in [0.2, 0.25) is 0 Å². The van der Waals surface area contributed by atoms with E-state index < -0.39 is 11.7 Å². The predicted molar refractivity (Wildman–Crippen MR) is 89.8 cm³/mol. The zero-order valence-electron chi connectivity index (χ0n) is 14.1. The van der Waals surface area contributed by atoms with Gasteiger partial charge < -0.3 is 19.8 Å². The van der Waals surface area contributed by atoms with Crippen LogP contribution in [0.15, 0.2) is 30.3 Å². The molecule has 1 aromatic carbocycles. The van der Waals surface area contributed by atoms with E-state index in [9.17, 15) is 9.59 Å². The van der Waals surface area contributed by atoms with E-state index in [0.29, 0.717) is 18.7 Å². The molecule has 6 nitrogen and oxygen atoms in total. The van der Waals surface area contributed by atoms with E-state index in [1.165, 1.54) is 0 Å². The molecule has 0 unspecified atom stereocenters. The summed E-state index contributed by atoms with van der Waals surface area (Å²) in [5.41, 5.74) is 0.403. The van der Waals surface area contributed by atoms with E-state index >= 15 is 0 Å². The number of para-hydroxylation sites is 1. The Labute approximate surface area is 140 Å². The van der Waals surface area contributed by atoms with Crippen LogP contribution in [-0.2, 0) is 9.53 Å². The third-order valence-corrected chi connectivity index (χ3v) is 3.91. The number of hydrogen-bond donors (Lipinski definition) is 2. The number of H-pyrrole nitrogens is 1. The van der Waals surface area contributed by atoms with Crippen molar-refractivity contribution in [3.63, 3.8) is 0 Å². The highest BCUT2D eigenvalue weighted by Crippen LogP contribution is 2.30. The Kier molecular flexibility index (Phi) is 4.22. The lowest BCUT2D eigenvalue weighted by Crippen LogP contribution is -2.48. The molecule has 0 saturated heterocycles. The van der Waals surface area contributed by atoms with Crippen molar-refractivity contribution in [3.8, 4) is 5.88 Å². The van der Waals surface area contributed by atoms with Gasteiger partial charge >= 0.3 is 12.1 Å². The van der Waals surface area contributed by atoms with Crippen LogP contribution in [0.5, 0.6) is 5.88 Å². The summed E-state index contributed by atoms with van der Waals surface area (Å²) < 4.78 is 10.6. The minimum Gasteiger partial charge on any atom is -0.444 e. The Morgan fingerprint density at radius 2 is 1.92 bits per heavy atom. The van der Waals surface area contributed by atoms with Crippen molar-refractivity contribution in [3.05, 3.63) is 30.3 Å². The fourth-order valence-corrected chi connectivity index (χ4v) is 2.70. The molecule has 1 fully saturated rings. The molecule has 0 spiro atoms. The van der Waals surface area contributed by atoms with Gasteiger partial charge in [-0.25, -0.2) is 4.79 Å². The number of carbonyl (C=O) groups excluding carboxylic acids is 2. The van der Waals surface area contributed by atoms with E-state index in [4.69, 9.17) is 9.47 Å². The summed E-state index contributed by atoms with van der Waals surface area (Å²) in [5, 5.41) is 3.76. The lowest BCUT2D eigenvalue weighted by atomic mass is 9.80. The van der Waals surface area contributed by atoms with Crippen LogP contribution < -0.4 is 10.1 Å². The number of rotatable bonds is 3. The molecular weight excluding hydrogens is 308 g/mol. The number of fused-ring (bicyclic) bond motifs is 1. The summed E-state index contributed by atoms with van der Waals surface area (Å²) in [5.74, 6) is -0.0232. The summed E-state index contributed by atoms with van der Waals surface area (Å²) in [6, 6.07) is 9.50. The molecular formula is C18H22N2O4. The number of carbonyl (C=O) groups is 2. The molecule has 0 aliphatic heterocycles. The minimum atomic E-state index is -0.526. The van der Waals surface area contributed by atoms with E-state index in [1.54, 1.807) is 0 Å². The first kappa shape index (κ1) is 16.4. The molecule has 1 aromatic heterocycles. The summed E-state index contributed by atoms with van der Waals surface area (Å²) in [6.07, 6.45) is 0.686. The Balaban J connectivity index is 1.47. The second-order valence-corrected chi connectivity index (χ2v) is 7.15. The van der Waals surface area contributed by atoms with Crippen molar-refractivity contribution >= 4 is 23.0 Å². The average Bonchev–Trinajstić information content (AvgIpc) is 2.82. The van der Waals surface area contributed by atoms with Gasteiger partial charge in [-0.2, -0.15) is 0 Å². The Morgan fingerprint density at radius 3 is 2.58 bits per heavy atom. The van der Waals surface area contributed by atoms with Gasteiger partial charge in [0.1, 0.15) is 5.60 Å². The Morgan fingerprint density at radius 1 is 1.21 bits per heavy atom. The maximum atomic E-state index is 12.1. The smallest absolute Gasteiger partial charge is 0.407 e. The van der Waals surface area contributed by atoms with E-state index in [2.05, 4.69) is 10.3 Å². The van der Waals surface area contributed by atoms with Gasteiger partial charge in [-0.05, 0) is 39.7 Å². The molecule has 2 N–H and O–H groups in total. The number of benzene rings is 1. The summed E-state index contributed by atoms with van der Waals surface area (Å²) in [4.78, 5) is 26.9. The third-order valence-electron chi connectivity index (χ3n) is 3.91. The molecule has 1 heterocycles. The maximum absolute atomic E-state index is 12.1. The van der Waals surface area contributed by atoms with Gasteiger partial charge in [0.05, 0.1) is 5.92 Å². The molecule has 6 heteroatoms. The van der Waals surface area contributed by atoms with Crippen LogP contribution in [-0.4, -0.2) is 28.7 Å².